The van der Waals surface area contributed by atoms with Gasteiger partial charge in [-0.15, -0.1) is 0 Å². The van der Waals surface area contributed by atoms with E-state index in [1.54, 1.807) is 43.3 Å². The Labute approximate surface area is 183 Å². The molecule has 1 aliphatic heterocycles. The minimum absolute atomic E-state index is 0.109. The first-order valence-corrected chi connectivity index (χ1v) is 11.8. The van der Waals surface area contributed by atoms with Crippen molar-refractivity contribution in [1.29, 1.82) is 0 Å². The van der Waals surface area contributed by atoms with Crippen molar-refractivity contribution in [3.8, 4) is 5.75 Å². The van der Waals surface area contributed by atoms with Gasteiger partial charge in [0.15, 0.2) is 0 Å². The highest BCUT2D eigenvalue weighted by Crippen LogP contribution is 2.32. The van der Waals surface area contributed by atoms with E-state index in [0.29, 0.717) is 24.5 Å². The van der Waals surface area contributed by atoms with Crippen LogP contribution >= 0.6 is 0 Å². The van der Waals surface area contributed by atoms with Crippen molar-refractivity contribution < 1.29 is 22.7 Å². The summed E-state index contributed by atoms with van der Waals surface area (Å²) in [6.07, 6.45) is 0.313. The summed E-state index contributed by atoms with van der Waals surface area (Å²) in [5.41, 5.74) is 1.33. The number of sulfonamides is 1. The maximum absolute atomic E-state index is 13.5. The predicted molar refractivity (Wildman–Crippen MR) is 118 cm³/mol. The number of carbonyl (C=O) groups is 2. The summed E-state index contributed by atoms with van der Waals surface area (Å²) < 4.78 is 33.6. The molecule has 1 heterocycles. The third-order valence-electron chi connectivity index (χ3n) is 5.46. The van der Waals surface area contributed by atoms with Crippen LogP contribution in [0, 0.1) is 6.92 Å². The van der Waals surface area contributed by atoms with Crippen LogP contribution in [-0.4, -0.2) is 43.2 Å². The fourth-order valence-electron chi connectivity index (χ4n) is 3.67. The summed E-state index contributed by atoms with van der Waals surface area (Å²) in [5, 5.41) is 0. The lowest BCUT2D eigenvalue weighted by atomic mass is 10.2. The van der Waals surface area contributed by atoms with Gasteiger partial charge in [0.2, 0.25) is 15.9 Å². The van der Waals surface area contributed by atoms with Crippen LogP contribution < -0.4 is 9.64 Å². The Balaban J connectivity index is 1.96. The maximum atomic E-state index is 13.5. The Morgan fingerprint density at radius 3 is 2.23 bits per heavy atom. The zero-order chi connectivity index (χ0) is 22.8. The lowest BCUT2D eigenvalue weighted by Crippen LogP contribution is -2.49. The van der Waals surface area contributed by atoms with E-state index in [4.69, 9.17) is 4.74 Å². The van der Waals surface area contributed by atoms with E-state index in [2.05, 4.69) is 0 Å². The number of imide groups is 1. The van der Waals surface area contributed by atoms with Gasteiger partial charge >= 0.3 is 0 Å². The van der Waals surface area contributed by atoms with Gasteiger partial charge in [-0.25, -0.2) is 13.3 Å². The van der Waals surface area contributed by atoms with E-state index in [1.165, 1.54) is 16.4 Å². The number of benzene rings is 2. The average Bonchev–Trinajstić information content (AvgIpc) is 3.02. The molecule has 2 amide bonds. The molecule has 2 aromatic carbocycles. The number of anilines is 1. The van der Waals surface area contributed by atoms with Gasteiger partial charge in [-0.05, 0) is 63.6 Å². The van der Waals surface area contributed by atoms with Gasteiger partial charge in [0, 0.05) is 6.04 Å². The number of hydrogen-bond acceptors (Lipinski definition) is 5. The zero-order valence-electron chi connectivity index (χ0n) is 18.2. The first-order valence-electron chi connectivity index (χ1n) is 10.4. The molecule has 2 atom stereocenters. The Kier molecular flexibility index (Phi) is 6.81. The van der Waals surface area contributed by atoms with Crippen LogP contribution in [0.2, 0.25) is 0 Å². The van der Waals surface area contributed by atoms with Gasteiger partial charge in [0.05, 0.1) is 23.6 Å². The molecule has 0 aromatic heterocycles. The molecule has 1 aliphatic rings. The Hall–Kier alpha value is -2.71. The Morgan fingerprint density at radius 2 is 1.68 bits per heavy atom. The highest BCUT2D eigenvalue weighted by Gasteiger charge is 2.48. The molecule has 8 heteroatoms. The van der Waals surface area contributed by atoms with Crippen LogP contribution in [-0.2, 0) is 19.6 Å². The normalized spacial score (nSPS) is 18.0. The molecule has 0 saturated carbocycles. The van der Waals surface area contributed by atoms with E-state index in [9.17, 15) is 18.0 Å². The van der Waals surface area contributed by atoms with Gasteiger partial charge in [0.25, 0.3) is 5.91 Å². The van der Waals surface area contributed by atoms with E-state index in [1.807, 2.05) is 20.8 Å². The van der Waals surface area contributed by atoms with Crippen LogP contribution in [0.5, 0.6) is 5.75 Å². The number of aryl methyl sites for hydroxylation is 1. The molecule has 3 rings (SSSR count). The summed E-state index contributed by atoms with van der Waals surface area (Å²) in [5.74, 6) is -0.332. The van der Waals surface area contributed by atoms with Gasteiger partial charge in [-0.2, -0.15) is 4.31 Å². The van der Waals surface area contributed by atoms with Gasteiger partial charge < -0.3 is 4.74 Å². The second kappa shape index (κ2) is 9.20. The monoisotopic (exact) mass is 444 g/mol. The molecule has 0 aliphatic carbocycles. The summed E-state index contributed by atoms with van der Waals surface area (Å²) >= 11 is 0. The molecule has 2 aromatic rings. The number of nitrogens with zero attached hydrogens (tertiary/aromatic N) is 2. The summed E-state index contributed by atoms with van der Waals surface area (Å²) in [6.45, 7) is 7.85. The van der Waals surface area contributed by atoms with Crippen LogP contribution in [0.3, 0.4) is 0 Å². The molecular weight excluding hydrogens is 416 g/mol. The molecule has 7 nitrogen and oxygen atoms in total. The Bertz CT molecular complexity index is 1050. The minimum atomic E-state index is -3.97. The van der Waals surface area contributed by atoms with Crippen LogP contribution in [0.15, 0.2) is 53.4 Å². The zero-order valence-corrected chi connectivity index (χ0v) is 19.1. The molecule has 2 unspecified atom stereocenters. The van der Waals surface area contributed by atoms with Crippen molar-refractivity contribution >= 4 is 27.5 Å². The minimum Gasteiger partial charge on any atom is -0.494 e. The molecule has 1 fully saturated rings. The van der Waals surface area contributed by atoms with E-state index in [0.717, 1.165) is 10.5 Å². The topological polar surface area (TPSA) is 84.0 Å². The molecule has 0 bridgehead atoms. The van der Waals surface area contributed by atoms with E-state index >= 15 is 0 Å². The fourth-order valence-corrected chi connectivity index (χ4v) is 5.51. The summed E-state index contributed by atoms with van der Waals surface area (Å²) in [6, 6.07) is 11.6. The van der Waals surface area contributed by atoms with Crippen molar-refractivity contribution in [2.75, 3.05) is 11.5 Å². The number of carbonyl (C=O) groups excluding carboxylic acids is 2. The van der Waals surface area contributed by atoms with Crippen molar-refractivity contribution in [3.05, 3.63) is 54.1 Å². The highest BCUT2D eigenvalue weighted by atomic mass is 32.2. The fraction of sp³-hybridized carbons (Fsp3) is 0.391. The third kappa shape index (κ3) is 4.50. The quantitative estimate of drug-likeness (QED) is 0.582. The van der Waals surface area contributed by atoms with Crippen LogP contribution in [0.1, 0.15) is 39.2 Å². The molecule has 0 N–H and O–H groups in total. The van der Waals surface area contributed by atoms with Crippen LogP contribution in [0.25, 0.3) is 0 Å². The van der Waals surface area contributed by atoms with Gasteiger partial charge in [-0.3, -0.25) is 9.59 Å². The van der Waals surface area contributed by atoms with Crippen molar-refractivity contribution in [2.24, 2.45) is 0 Å². The average molecular weight is 445 g/mol. The number of rotatable bonds is 8. The lowest BCUT2D eigenvalue weighted by molar-refractivity contribution is -0.122. The van der Waals surface area contributed by atoms with E-state index in [-0.39, 0.29) is 11.3 Å². The van der Waals surface area contributed by atoms with E-state index < -0.39 is 33.9 Å². The summed E-state index contributed by atoms with van der Waals surface area (Å²) in [7, 11) is -3.97. The SMILES string of the molecule is CCOc1ccc(N2C(=O)CC(N(C(C)CC)S(=O)(=O)c3ccc(C)cc3)C2=O)cc1. The van der Waals surface area contributed by atoms with Gasteiger partial charge in [-0.1, -0.05) is 24.6 Å². The molecule has 0 radical (unpaired) electrons. The molecule has 166 valence electrons. The molecule has 31 heavy (non-hydrogen) atoms. The van der Waals surface area contributed by atoms with Gasteiger partial charge in [0.1, 0.15) is 11.8 Å². The second-order valence-electron chi connectivity index (χ2n) is 7.62. The smallest absolute Gasteiger partial charge is 0.252 e. The summed E-state index contributed by atoms with van der Waals surface area (Å²) in [4.78, 5) is 27.3. The van der Waals surface area contributed by atoms with Crippen LogP contribution in [0.4, 0.5) is 5.69 Å². The second-order valence-corrected chi connectivity index (χ2v) is 9.46. The Morgan fingerprint density at radius 1 is 1.06 bits per heavy atom. The largest absolute Gasteiger partial charge is 0.494 e. The van der Waals surface area contributed by atoms with Crippen molar-refractivity contribution in [2.45, 2.75) is 57.5 Å². The first kappa shape index (κ1) is 23.0. The first-order chi connectivity index (χ1) is 14.7. The number of amides is 2. The third-order valence-corrected chi connectivity index (χ3v) is 7.49. The maximum Gasteiger partial charge on any atom is 0.252 e. The lowest BCUT2D eigenvalue weighted by Gasteiger charge is -2.31. The van der Waals surface area contributed by atoms with Crippen molar-refractivity contribution in [1.82, 2.24) is 4.31 Å². The predicted octanol–water partition coefficient (Wildman–Crippen LogP) is 3.52. The number of ether oxygens (including phenoxy) is 1. The highest BCUT2D eigenvalue weighted by molar-refractivity contribution is 7.89. The molecule has 0 spiro atoms. The molecular formula is C23H28N2O5S. The number of hydrogen-bond donors (Lipinski definition) is 0. The standard InChI is InChI=1S/C23H28N2O5S/c1-5-17(4)25(31(28,29)20-13-7-16(3)8-14-20)21-15-22(26)24(23(21)27)18-9-11-19(12-10-18)30-6-2/h7-14,17,21H,5-6,15H2,1-4H3. The van der Waals surface area contributed by atoms with Crippen molar-refractivity contribution in [3.63, 3.8) is 0 Å². The molecule has 1 saturated heterocycles.